The van der Waals surface area contributed by atoms with E-state index in [-0.39, 0.29) is 17.9 Å². The summed E-state index contributed by atoms with van der Waals surface area (Å²) >= 11 is 0. The molecule has 0 bridgehead atoms. The highest BCUT2D eigenvalue weighted by Gasteiger charge is 2.35. The summed E-state index contributed by atoms with van der Waals surface area (Å²) in [6.45, 7) is 4.71. The number of nitrogens with zero attached hydrogens (tertiary/aromatic N) is 2. The van der Waals surface area contributed by atoms with Crippen LogP contribution in [0.3, 0.4) is 0 Å². The van der Waals surface area contributed by atoms with Crippen LogP contribution in [0.2, 0.25) is 0 Å². The molecule has 0 spiro atoms. The summed E-state index contributed by atoms with van der Waals surface area (Å²) in [5, 5.41) is 1.36. The fourth-order valence-electron chi connectivity index (χ4n) is 2.39. The first-order valence-corrected chi connectivity index (χ1v) is 6.89. The molecule has 1 atom stereocenters. The van der Waals surface area contributed by atoms with E-state index in [9.17, 15) is 9.59 Å². The first-order valence-electron chi connectivity index (χ1n) is 6.89. The van der Waals surface area contributed by atoms with Gasteiger partial charge in [-0.15, -0.1) is 0 Å². The molecule has 1 aliphatic rings. The molecule has 0 radical (unpaired) electrons. The van der Waals surface area contributed by atoms with E-state index in [1.807, 2.05) is 37.3 Å². The van der Waals surface area contributed by atoms with E-state index in [4.69, 9.17) is 4.84 Å². The van der Waals surface area contributed by atoms with Gasteiger partial charge in [0.25, 0.3) is 0 Å². The van der Waals surface area contributed by atoms with Crippen LogP contribution in [0.4, 0.5) is 4.79 Å². The maximum absolute atomic E-state index is 12.3. The zero-order chi connectivity index (χ0) is 14.5. The minimum Gasteiger partial charge on any atom is -0.313 e. The van der Waals surface area contributed by atoms with Crippen LogP contribution in [0.5, 0.6) is 0 Å². The molecular weight excluding hydrogens is 256 g/mol. The molecule has 108 valence electrons. The summed E-state index contributed by atoms with van der Waals surface area (Å²) in [7, 11) is 0. The summed E-state index contributed by atoms with van der Waals surface area (Å²) in [6.07, 6.45) is 0.615. The molecule has 20 heavy (non-hydrogen) atoms. The van der Waals surface area contributed by atoms with Crippen LogP contribution >= 0.6 is 0 Å². The Labute approximate surface area is 119 Å². The second-order valence-corrected chi connectivity index (χ2v) is 4.84. The fraction of sp³-hybridized carbons (Fsp3) is 0.467. The first kappa shape index (κ1) is 14.5. The third-order valence-corrected chi connectivity index (χ3v) is 3.48. The molecule has 1 aromatic carbocycles. The number of hydrogen-bond donors (Lipinski definition) is 0. The maximum Gasteiger partial charge on any atom is 0.344 e. The van der Waals surface area contributed by atoms with Crippen LogP contribution in [0.25, 0.3) is 0 Å². The monoisotopic (exact) mass is 276 g/mol. The van der Waals surface area contributed by atoms with Crippen molar-refractivity contribution in [3.8, 4) is 0 Å². The van der Waals surface area contributed by atoms with E-state index in [2.05, 4.69) is 0 Å². The Balaban J connectivity index is 1.97. The Morgan fingerprint density at radius 2 is 2.05 bits per heavy atom. The van der Waals surface area contributed by atoms with E-state index in [0.29, 0.717) is 26.1 Å². The molecule has 0 N–H and O–H groups in total. The summed E-state index contributed by atoms with van der Waals surface area (Å²) in [5.74, 6) is 0.0305. The number of hydroxylamine groups is 2. The van der Waals surface area contributed by atoms with Gasteiger partial charge < -0.3 is 4.90 Å². The number of carbonyl (C=O) groups excluding carboxylic acids is 2. The van der Waals surface area contributed by atoms with E-state index >= 15 is 0 Å². The Bertz CT molecular complexity index is 475. The van der Waals surface area contributed by atoms with Gasteiger partial charge in [0.2, 0.25) is 0 Å². The third-order valence-electron chi connectivity index (χ3n) is 3.48. The molecule has 5 nitrogen and oxygen atoms in total. The van der Waals surface area contributed by atoms with Crippen molar-refractivity contribution in [3.63, 3.8) is 0 Å². The van der Waals surface area contributed by atoms with Gasteiger partial charge in [-0.2, -0.15) is 0 Å². The summed E-state index contributed by atoms with van der Waals surface area (Å²) in [5.41, 5.74) is 1.01. The Hall–Kier alpha value is -1.88. The van der Waals surface area contributed by atoms with Gasteiger partial charge in [-0.3, -0.25) is 9.63 Å². The third kappa shape index (κ3) is 3.17. The zero-order valence-corrected chi connectivity index (χ0v) is 11.9. The van der Waals surface area contributed by atoms with Crippen molar-refractivity contribution >= 4 is 11.8 Å². The summed E-state index contributed by atoms with van der Waals surface area (Å²) < 4.78 is 0. The molecule has 0 unspecified atom stereocenters. The van der Waals surface area contributed by atoms with Crippen molar-refractivity contribution in [2.24, 2.45) is 0 Å². The van der Waals surface area contributed by atoms with Gasteiger partial charge >= 0.3 is 6.03 Å². The predicted molar refractivity (Wildman–Crippen MR) is 74.8 cm³/mol. The summed E-state index contributed by atoms with van der Waals surface area (Å²) in [4.78, 5) is 31.0. The smallest absolute Gasteiger partial charge is 0.313 e. The van der Waals surface area contributed by atoms with Crippen molar-refractivity contribution < 1.29 is 14.4 Å². The molecular formula is C15H20N2O3. The highest BCUT2D eigenvalue weighted by molar-refractivity contribution is 5.87. The number of benzene rings is 1. The van der Waals surface area contributed by atoms with Crippen LogP contribution in [0, 0.1) is 0 Å². The van der Waals surface area contributed by atoms with Crippen molar-refractivity contribution in [2.45, 2.75) is 32.9 Å². The number of rotatable bonds is 5. The standard InChI is InChI=1S/C15H20N2O3/c1-3-16-14(12(2)18)9-10-17(15(16)19)20-11-13-7-5-4-6-8-13/h4-8,14H,3,9-11H2,1-2H3/t14-/m0/s1. The van der Waals surface area contributed by atoms with E-state index in [1.54, 1.807) is 4.90 Å². The molecule has 0 aliphatic carbocycles. The lowest BCUT2D eigenvalue weighted by molar-refractivity contribution is -0.155. The predicted octanol–water partition coefficient (Wildman–Crippen LogP) is 2.22. The molecule has 2 rings (SSSR count). The first-order chi connectivity index (χ1) is 9.63. The van der Waals surface area contributed by atoms with Gasteiger partial charge in [0.15, 0.2) is 5.78 Å². The molecule has 5 heteroatoms. The number of urea groups is 1. The Morgan fingerprint density at radius 3 is 2.65 bits per heavy atom. The number of hydrogen-bond acceptors (Lipinski definition) is 3. The number of carbonyl (C=O) groups is 2. The Morgan fingerprint density at radius 1 is 1.35 bits per heavy atom. The summed E-state index contributed by atoms with van der Waals surface area (Å²) in [6, 6.07) is 9.15. The highest BCUT2D eigenvalue weighted by Crippen LogP contribution is 2.18. The van der Waals surface area contributed by atoms with Crippen molar-refractivity contribution in [1.82, 2.24) is 9.96 Å². The average molecular weight is 276 g/mol. The molecule has 0 aromatic heterocycles. The SMILES string of the molecule is CCN1C(=O)N(OCc2ccccc2)CC[C@H]1C(C)=O. The van der Waals surface area contributed by atoms with Gasteiger partial charge in [-0.25, -0.2) is 9.86 Å². The van der Waals surface area contributed by atoms with Gasteiger partial charge in [-0.05, 0) is 25.8 Å². The molecule has 1 fully saturated rings. The van der Waals surface area contributed by atoms with Crippen molar-refractivity contribution in [3.05, 3.63) is 35.9 Å². The second-order valence-electron chi connectivity index (χ2n) is 4.84. The molecule has 1 heterocycles. The minimum atomic E-state index is -0.316. The maximum atomic E-state index is 12.3. The second kappa shape index (κ2) is 6.52. The number of amides is 2. The van der Waals surface area contributed by atoms with E-state index < -0.39 is 0 Å². The van der Waals surface area contributed by atoms with Gasteiger partial charge in [0, 0.05) is 6.54 Å². The minimum absolute atomic E-state index is 0.0305. The molecule has 1 aliphatic heterocycles. The quantitative estimate of drug-likeness (QED) is 0.828. The van der Waals surface area contributed by atoms with Crippen LogP contribution < -0.4 is 0 Å². The lowest BCUT2D eigenvalue weighted by Gasteiger charge is -2.38. The van der Waals surface area contributed by atoms with Crippen LogP contribution in [-0.4, -0.2) is 40.9 Å². The lowest BCUT2D eigenvalue weighted by Crippen LogP contribution is -2.56. The number of Topliss-reactive ketones (excluding diaryl/α,β-unsaturated/α-hetero) is 1. The van der Waals surface area contributed by atoms with Gasteiger partial charge in [-0.1, -0.05) is 30.3 Å². The average Bonchev–Trinajstić information content (AvgIpc) is 2.46. The zero-order valence-electron chi connectivity index (χ0n) is 11.9. The lowest BCUT2D eigenvalue weighted by atomic mass is 10.1. The molecule has 1 saturated heterocycles. The van der Waals surface area contributed by atoms with E-state index in [0.717, 1.165) is 5.56 Å². The fourth-order valence-corrected chi connectivity index (χ4v) is 2.39. The van der Waals surface area contributed by atoms with Crippen LogP contribution in [0.15, 0.2) is 30.3 Å². The largest absolute Gasteiger partial charge is 0.344 e. The van der Waals surface area contributed by atoms with Crippen molar-refractivity contribution in [2.75, 3.05) is 13.1 Å². The van der Waals surface area contributed by atoms with Gasteiger partial charge in [0.05, 0.1) is 12.6 Å². The molecule has 1 aromatic rings. The van der Waals surface area contributed by atoms with Gasteiger partial charge in [0.1, 0.15) is 6.61 Å². The topological polar surface area (TPSA) is 49.9 Å². The van der Waals surface area contributed by atoms with Crippen LogP contribution in [-0.2, 0) is 16.2 Å². The normalized spacial score (nSPS) is 19.3. The molecule has 0 saturated carbocycles. The Kier molecular flexibility index (Phi) is 4.74. The van der Waals surface area contributed by atoms with E-state index in [1.165, 1.54) is 12.0 Å². The number of likely N-dealkylation sites (N-methyl/N-ethyl adjacent to an activating group) is 1. The molecule has 2 amide bonds. The number of ketones is 1. The highest BCUT2D eigenvalue weighted by atomic mass is 16.7. The van der Waals surface area contributed by atoms with Crippen LogP contribution in [0.1, 0.15) is 25.8 Å². The van der Waals surface area contributed by atoms with Crippen molar-refractivity contribution in [1.29, 1.82) is 0 Å².